The zero-order valence-corrected chi connectivity index (χ0v) is 6.18. The first-order valence-electron chi connectivity index (χ1n) is 3.16. The van der Waals surface area contributed by atoms with Gasteiger partial charge < -0.3 is 10.5 Å². The van der Waals surface area contributed by atoms with Crippen molar-refractivity contribution in [3.63, 3.8) is 0 Å². The van der Waals surface area contributed by atoms with E-state index in [4.69, 9.17) is 10.5 Å². The zero-order chi connectivity index (χ0) is 7.28. The van der Waals surface area contributed by atoms with E-state index in [-0.39, 0.29) is 6.10 Å². The van der Waals surface area contributed by atoms with Crippen molar-refractivity contribution in [2.45, 2.75) is 19.4 Å². The van der Waals surface area contributed by atoms with Crippen LogP contribution in [0.25, 0.3) is 0 Å². The molecule has 0 aliphatic carbocycles. The molecule has 2 N–H and O–H groups in total. The first-order valence-corrected chi connectivity index (χ1v) is 3.16. The SMILES string of the molecule is C=C(CN)C(CC)OC. The van der Waals surface area contributed by atoms with Gasteiger partial charge in [-0.25, -0.2) is 0 Å². The minimum Gasteiger partial charge on any atom is -0.377 e. The largest absolute Gasteiger partial charge is 0.377 e. The van der Waals surface area contributed by atoms with Crippen molar-refractivity contribution < 1.29 is 4.74 Å². The van der Waals surface area contributed by atoms with Gasteiger partial charge in [-0.15, -0.1) is 0 Å². The molecule has 0 bridgehead atoms. The molecule has 0 saturated carbocycles. The van der Waals surface area contributed by atoms with Crippen molar-refractivity contribution in [3.8, 4) is 0 Å². The molecular weight excluding hydrogens is 114 g/mol. The Labute approximate surface area is 56.7 Å². The van der Waals surface area contributed by atoms with Gasteiger partial charge in [0.05, 0.1) is 6.10 Å². The number of hydrogen-bond donors (Lipinski definition) is 1. The van der Waals surface area contributed by atoms with Crippen LogP contribution in [-0.2, 0) is 4.74 Å². The molecule has 54 valence electrons. The summed E-state index contributed by atoms with van der Waals surface area (Å²) in [5.41, 5.74) is 6.32. The van der Waals surface area contributed by atoms with Gasteiger partial charge in [0.25, 0.3) is 0 Å². The molecule has 0 fully saturated rings. The summed E-state index contributed by atoms with van der Waals surface area (Å²) < 4.78 is 5.07. The van der Waals surface area contributed by atoms with Crippen molar-refractivity contribution >= 4 is 0 Å². The first kappa shape index (κ1) is 8.66. The molecule has 0 aliphatic rings. The molecule has 0 aliphatic heterocycles. The van der Waals surface area contributed by atoms with Crippen LogP contribution in [-0.4, -0.2) is 19.8 Å². The Kier molecular flexibility index (Phi) is 4.36. The molecule has 1 atom stereocenters. The zero-order valence-electron chi connectivity index (χ0n) is 6.18. The fraction of sp³-hybridized carbons (Fsp3) is 0.714. The lowest BCUT2D eigenvalue weighted by atomic mass is 10.1. The second-order valence-electron chi connectivity index (χ2n) is 1.99. The van der Waals surface area contributed by atoms with Crippen LogP contribution in [0, 0.1) is 0 Å². The fourth-order valence-corrected chi connectivity index (χ4v) is 0.753. The summed E-state index contributed by atoms with van der Waals surface area (Å²) in [6.07, 6.45) is 1.10. The van der Waals surface area contributed by atoms with Gasteiger partial charge in [0.2, 0.25) is 0 Å². The van der Waals surface area contributed by atoms with E-state index in [0.717, 1.165) is 12.0 Å². The predicted molar refractivity (Wildman–Crippen MR) is 39.3 cm³/mol. The molecule has 2 heteroatoms. The number of hydrogen-bond acceptors (Lipinski definition) is 2. The maximum atomic E-state index is 5.34. The Morgan fingerprint density at radius 2 is 2.33 bits per heavy atom. The summed E-state index contributed by atoms with van der Waals surface area (Å²) in [4.78, 5) is 0. The van der Waals surface area contributed by atoms with Crippen molar-refractivity contribution in [1.82, 2.24) is 0 Å². The Hall–Kier alpha value is -0.340. The van der Waals surface area contributed by atoms with Gasteiger partial charge in [-0.1, -0.05) is 13.5 Å². The van der Waals surface area contributed by atoms with E-state index in [1.807, 2.05) is 0 Å². The van der Waals surface area contributed by atoms with E-state index in [0.29, 0.717) is 6.54 Å². The molecule has 9 heavy (non-hydrogen) atoms. The molecule has 0 aromatic carbocycles. The van der Waals surface area contributed by atoms with Gasteiger partial charge in [0.15, 0.2) is 0 Å². The maximum Gasteiger partial charge on any atom is 0.0788 e. The normalized spacial score (nSPS) is 13.2. The molecule has 0 aromatic rings. The highest BCUT2D eigenvalue weighted by Gasteiger charge is 2.05. The molecule has 0 heterocycles. The topological polar surface area (TPSA) is 35.2 Å². The third-order valence-electron chi connectivity index (χ3n) is 1.37. The first-order chi connectivity index (χ1) is 4.26. The highest BCUT2D eigenvalue weighted by Crippen LogP contribution is 2.04. The van der Waals surface area contributed by atoms with Crippen LogP contribution in [0.4, 0.5) is 0 Å². The van der Waals surface area contributed by atoms with Gasteiger partial charge in [0.1, 0.15) is 0 Å². The third-order valence-corrected chi connectivity index (χ3v) is 1.37. The van der Waals surface area contributed by atoms with Gasteiger partial charge in [-0.3, -0.25) is 0 Å². The second kappa shape index (κ2) is 4.53. The second-order valence-corrected chi connectivity index (χ2v) is 1.99. The molecule has 2 nitrogen and oxygen atoms in total. The molecule has 1 unspecified atom stereocenters. The van der Waals surface area contributed by atoms with Gasteiger partial charge in [-0.05, 0) is 12.0 Å². The van der Waals surface area contributed by atoms with Crippen LogP contribution in [0.1, 0.15) is 13.3 Å². The summed E-state index contributed by atoms with van der Waals surface area (Å²) in [6, 6.07) is 0. The quantitative estimate of drug-likeness (QED) is 0.573. The van der Waals surface area contributed by atoms with Crippen LogP contribution in [0.3, 0.4) is 0 Å². The molecular formula is C7H15NO. The van der Waals surface area contributed by atoms with E-state index in [1.165, 1.54) is 0 Å². The number of ether oxygens (including phenoxy) is 1. The molecule has 0 amide bonds. The third kappa shape index (κ3) is 2.63. The summed E-state index contributed by atoms with van der Waals surface area (Å²) in [5.74, 6) is 0. The Morgan fingerprint density at radius 1 is 1.78 bits per heavy atom. The smallest absolute Gasteiger partial charge is 0.0788 e. The lowest BCUT2D eigenvalue weighted by Gasteiger charge is -2.13. The molecule has 0 radical (unpaired) electrons. The van der Waals surface area contributed by atoms with E-state index >= 15 is 0 Å². The van der Waals surface area contributed by atoms with Gasteiger partial charge in [-0.2, -0.15) is 0 Å². The van der Waals surface area contributed by atoms with Gasteiger partial charge in [0, 0.05) is 13.7 Å². The minimum absolute atomic E-state index is 0.148. The highest BCUT2D eigenvalue weighted by atomic mass is 16.5. The predicted octanol–water partition coefficient (Wildman–Crippen LogP) is 0.926. The summed E-state index contributed by atoms with van der Waals surface area (Å²) >= 11 is 0. The monoisotopic (exact) mass is 129 g/mol. The lowest BCUT2D eigenvalue weighted by molar-refractivity contribution is 0.128. The average Bonchev–Trinajstić information content (AvgIpc) is 1.90. The van der Waals surface area contributed by atoms with Gasteiger partial charge >= 0.3 is 0 Å². The molecule has 0 saturated heterocycles. The van der Waals surface area contributed by atoms with Crippen LogP contribution < -0.4 is 5.73 Å². The summed E-state index contributed by atoms with van der Waals surface area (Å²) in [6.45, 7) is 6.34. The maximum absolute atomic E-state index is 5.34. The Balaban J connectivity index is 3.64. The van der Waals surface area contributed by atoms with Crippen LogP contribution in [0.5, 0.6) is 0 Å². The molecule has 0 rings (SSSR count). The van der Waals surface area contributed by atoms with Crippen LogP contribution >= 0.6 is 0 Å². The Morgan fingerprint density at radius 3 is 2.44 bits per heavy atom. The van der Waals surface area contributed by atoms with E-state index in [9.17, 15) is 0 Å². The van der Waals surface area contributed by atoms with Crippen molar-refractivity contribution in [3.05, 3.63) is 12.2 Å². The van der Waals surface area contributed by atoms with E-state index in [2.05, 4.69) is 13.5 Å². The number of methoxy groups -OCH3 is 1. The van der Waals surface area contributed by atoms with Crippen LogP contribution in [0.2, 0.25) is 0 Å². The number of rotatable bonds is 4. The number of nitrogens with two attached hydrogens (primary N) is 1. The summed E-state index contributed by atoms with van der Waals surface area (Å²) in [5, 5.41) is 0. The van der Waals surface area contributed by atoms with Crippen molar-refractivity contribution in [1.29, 1.82) is 0 Å². The minimum atomic E-state index is 0.148. The van der Waals surface area contributed by atoms with E-state index in [1.54, 1.807) is 7.11 Å². The molecule has 0 spiro atoms. The standard InChI is InChI=1S/C7H15NO/c1-4-7(9-3)6(2)5-8/h7H,2,4-5,8H2,1,3H3. The lowest BCUT2D eigenvalue weighted by Crippen LogP contribution is -2.18. The van der Waals surface area contributed by atoms with Crippen molar-refractivity contribution in [2.75, 3.05) is 13.7 Å². The molecule has 0 aromatic heterocycles. The Bertz CT molecular complexity index is 86.9. The van der Waals surface area contributed by atoms with Crippen LogP contribution in [0.15, 0.2) is 12.2 Å². The summed E-state index contributed by atoms with van der Waals surface area (Å²) in [7, 11) is 1.68. The average molecular weight is 129 g/mol. The highest BCUT2D eigenvalue weighted by molar-refractivity contribution is 5.02. The van der Waals surface area contributed by atoms with Crippen molar-refractivity contribution in [2.24, 2.45) is 5.73 Å². The van der Waals surface area contributed by atoms with E-state index < -0.39 is 0 Å². The fourth-order valence-electron chi connectivity index (χ4n) is 0.753.